The number of hydrogen-bond acceptors (Lipinski definition) is 4. The van der Waals surface area contributed by atoms with E-state index < -0.39 is 0 Å². The van der Waals surface area contributed by atoms with Crippen molar-refractivity contribution in [1.82, 2.24) is 20.5 Å². The lowest BCUT2D eigenvalue weighted by Crippen LogP contribution is -2.57. The van der Waals surface area contributed by atoms with E-state index in [0.29, 0.717) is 18.9 Å². The molecule has 0 bridgehead atoms. The molecular formula is C18H27ClN4O2. The highest BCUT2D eigenvalue weighted by molar-refractivity contribution is 5.88. The van der Waals surface area contributed by atoms with Gasteiger partial charge in [0.25, 0.3) is 0 Å². The van der Waals surface area contributed by atoms with Crippen molar-refractivity contribution in [3.05, 3.63) is 30.1 Å². The van der Waals surface area contributed by atoms with E-state index in [4.69, 9.17) is 0 Å². The summed E-state index contributed by atoms with van der Waals surface area (Å²) in [6, 6.07) is 5.37. The van der Waals surface area contributed by atoms with Gasteiger partial charge in [0.2, 0.25) is 11.8 Å². The van der Waals surface area contributed by atoms with Crippen LogP contribution in [0.25, 0.3) is 0 Å². The van der Waals surface area contributed by atoms with Crippen LogP contribution < -0.4 is 10.6 Å². The number of piperazine rings is 1. The quantitative estimate of drug-likeness (QED) is 0.759. The fraction of sp³-hybridized carbons (Fsp3) is 0.611. The van der Waals surface area contributed by atoms with E-state index in [0.717, 1.165) is 25.3 Å². The monoisotopic (exact) mass is 366 g/mol. The molecule has 1 unspecified atom stereocenters. The maximum atomic E-state index is 12.5. The van der Waals surface area contributed by atoms with Crippen LogP contribution in [0.4, 0.5) is 0 Å². The fourth-order valence-corrected chi connectivity index (χ4v) is 3.25. The minimum atomic E-state index is -0.381. The van der Waals surface area contributed by atoms with E-state index in [1.807, 2.05) is 23.1 Å². The number of nitrogens with one attached hydrogen (secondary N) is 2. The van der Waals surface area contributed by atoms with E-state index in [2.05, 4.69) is 15.6 Å². The van der Waals surface area contributed by atoms with Crippen LogP contribution in [0, 0.1) is 5.92 Å². The van der Waals surface area contributed by atoms with Gasteiger partial charge in [-0.15, -0.1) is 12.4 Å². The van der Waals surface area contributed by atoms with E-state index in [9.17, 15) is 9.59 Å². The van der Waals surface area contributed by atoms with Crippen LogP contribution in [0.2, 0.25) is 0 Å². The van der Waals surface area contributed by atoms with Gasteiger partial charge in [-0.3, -0.25) is 14.6 Å². The first-order valence-corrected chi connectivity index (χ1v) is 8.91. The summed E-state index contributed by atoms with van der Waals surface area (Å²) in [5, 5.41) is 6.07. The minimum Gasteiger partial charge on any atom is -0.356 e. The van der Waals surface area contributed by atoms with Crippen molar-refractivity contribution >= 4 is 24.2 Å². The summed E-state index contributed by atoms with van der Waals surface area (Å²) in [6.45, 7) is 2.93. The summed E-state index contributed by atoms with van der Waals surface area (Å²) >= 11 is 0. The van der Waals surface area contributed by atoms with Gasteiger partial charge >= 0.3 is 0 Å². The van der Waals surface area contributed by atoms with Gasteiger partial charge in [-0.25, -0.2) is 0 Å². The second kappa shape index (κ2) is 9.73. The Morgan fingerprint density at radius 3 is 2.88 bits per heavy atom. The summed E-state index contributed by atoms with van der Waals surface area (Å²) in [7, 11) is 0. The van der Waals surface area contributed by atoms with Crippen LogP contribution >= 0.6 is 12.4 Å². The number of rotatable bonds is 7. The zero-order valence-corrected chi connectivity index (χ0v) is 15.3. The Balaban J connectivity index is 0.00000225. The molecule has 1 saturated carbocycles. The Labute approximate surface area is 155 Å². The first kappa shape index (κ1) is 19.7. The van der Waals surface area contributed by atoms with Crippen molar-refractivity contribution < 1.29 is 9.59 Å². The molecule has 0 spiro atoms. The van der Waals surface area contributed by atoms with E-state index in [1.54, 1.807) is 6.20 Å². The van der Waals surface area contributed by atoms with Gasteiger partial charge in [-0.1, -0.05) is 12.5 Å². The van der Waals surface area contributed by atoms with Crippen LogP contribution in [0.15, 0.2) is 24.4 Å². The number of halogens is 1. The van der Waals surface area contributed by atoms with E-state index in [-0.39, 0.29) is 36.7 Å². The molecule has 2 heterocycles. The first-order valence-electron chi connectivity index (χ1n) is 8.91. The van der Waals surface area contributed by atoms with Crippen LogP contribution in [0.5, 0.6) is 0 Å². The number of amides is 2. The van der Waals surface area contributed by atoms with Crippen molar-refractivity contribution in [2.45, 2.75) is 38.1 Å². The number of aromatic nitrogens is 1. The van der Waals surface area contributed by atoms with Crippen molar-refractivity contribution in [3.63, 3.8) is 0 Å². The van der Waals surface area contributed by atoms with E-state index >= 15 is 0 Å². The minimum absolute atomic E-state index is 0. The Morgan fingerprint density at radius 1 is 1.36 bits per heavy atom. The predicted molar refractivity (Wildman–Crippen MR) is 98.5 cm³/mol. The molecule has 0 aromatic carbocycles. The molecule has 138 valence electrons. The molecule has 1 saturated heterocycles. The summed E-state index contributed by atoms with van der Waals surface area (Å²) in [5.41, 5.74) is 0.955. The van der Waals surface area contributed by atoms with Crippen LogP contribution in [0.1, 0.15) is 31.4 Å². The Bertz CT molecular complexity index is 565. The van der Waals surface area contributed by atoms with Crippen LogP contribution in [0.3, 0.4) is 0 Å². The highest BCUT2D eigenvalue weighted by Gasteiger charge is 2.32. The van der Waals surface area contributed by atoms with Gasteiger partial charge in [0, 0.05) is 44.5 Å². The van der Waals surface area contributed by atoms with Crippen molar-refractivity contribution in [1.29, 1.82) is 0 Å². The molecule has 0 radical (unpaired) electrons. The number of pyridine rings is 1. The van der Waals surface area contributed by atoms with Gasteiger partial charge < -0.3 is 15.5 Å². The fourth-order valence-electron chi connectivity index (χ4n) is 3.25. The molecule has 2 N–H and O–H groups in total. The third-order valence-electron chi connectivity index (χ3n) is 4.90. The number of nitrogens with zero attached hydrogens (tertiary/aromatic N) is 2. The average molecular weight is 367 g/mol. The normalized spacial score (nSPS) is 20.6. The molecule has 25 heavy (non-hydrogen) atoms. The molecule has 1 aromatic rings. The van der Waals surface area contributed by atoms with Gasteiger partial charge in [-0.05, 0) is 30.9 Å². The van der Waals surface area contributed by atoms with Gasteiger partial charge in [-0.2, -0.15) is 0 Å². The second-order valence-electron chi connectivity index (χ2n) is 6.71. The molecule has 1 atom stereocenters. The summed E-state index contributed by atoms with van der Waals surface area (Å²) in [4.78, 5) is 30.8. The second-order valence-corrected chi connectivity index (χ2v) is 6.71. The number of hydrogen-bond donors (Lipinski definition) is 2. The lowest BCUT2D eigenvalue weighted by atomic mass is 9.85. The molecular weight excluding hydrogens is 340 g/mol. The van der Waals surface area contributed by atoms with Crippen molar-refractivity contribution in [2.24, 2.45) is 5.92 Å². The maximum absolute atomic E-state index is 12.5. The van der Waals surface area contributed by atoms with Gasteiger partial charge in [0.05, 0.1) is 12.5 Å². The topological polar surface area (TPSA) is 74.3 Å². The summed E-state index contributed by atoms with van der Waals surface area (Å²) < 4.78 is 0. The molecule has 2 aliphatic rings. The first-order chi connectivity index (χ1) is 11.7. The highest BCUT2D eigenvalue weighted by atomic mass is 35.5. The lowest BCUT2D eigenvalue weighted by Gasteiger charge is -2.37. The summed E-state index contributed by atoms with van der Waals surface area (Å²) in [6.07, 6.45) is 6.41. The van der Waals surface area contributed by atoms with Crippen LogP contribution in [-0.2, 0) is 16.0 Å². The third-order valence-corrected chi connectivity index (χ3v) is 4.90. The van der Waals surface area contributed by atoms with Gasteiger partial charge in [0.1, 0.15) is 0 Å². The molecule has 2 amide bonds. The largest absolute Gasteiger partial charge is 0.356 e. The summed E-state index contributed by atoms with van der Waals surface area (Å²) in [5.74, 6) is 0.662. The van der Waals surface area contributed by atoms with E-state index in [1.165, 1.54) is 19.3 Å². The predicted octanol–water partition coefficient (Wildman–Crippen LogP) is 1.15. The molecule has 1 aliphatic carbocycles. The zero-order valence-electron chi connectivity index (χ0n) is 14.4. The number of carbonyl (C=O) groups excluding carboxylic acids is 2. The van der Waals surface area contributed by atoms with Gasteiger partial charge in [0.15, 0.2) is 0 Å². The highest BCUT2D eigenvalue weighted by Crippen LogP contribution is 2.27. The standard InChI is InChI=1S/C18H26N4O2.ClH/c23-17(21-9-7-15-6-1-2-8-19-15)12-16-18(24)22(11-10-20-16)13-14-4-3-5-14;/h1-2,6,8,14,16,20H,3-5,7,9-13H2,(H,21,23);1H. The lowest BCUT2D eigenvalue weighted by molar-refractivity contribution is -0.139. The molecule has 1 aliphatic heterocycles. The molecule has 3 rings (SSSR count). The molecule has 1 aromatic heterocycles. The zero-order chi connectivity index (χ0) is 16.8. The Morgan fingerprint density at radius 2 is 2.20 bits per heavy atom. The molecule has 7 heteroatoms. The van der Waals surface area contributed by atoms with Crippen molar-refractivity contribution in [3.8, 4) is 0 Å². The molecule has 2 fully saturated rings. The smallest absolute Gasteiger partial charge is 0.240 e. The number of carbonyl (C=O) groups is 2. The average Bonchev–Trinajstić information content (AvgIpc) is 2.55. The maximum Gasteiger partial charge on any atom is 0.240 e. The van der Waals surface area contributed by atoms with Crippen LogP contribution in [-0.4, -0.2) is 53.9 Å². The van der Waals surface area contributed by atoms with Crippen molar-refractivity contribution in [2.75, 3.05) is 26.2 Å². The molecule has 6 nitrogen and oxygen atoms in total. The Hall–Kier alpha value is -1.66. The third kappa shape index (κ3) is 5.68. The SMILES string of the molecule is Cl.O=C(CC1NCCN(CC2CCC2)C1=O)NCCc1ccccn1. The Kier molecular flexibility index (Phi) is 7.65.